The first-order chi connectivity index (χ1) is 8.72. The van der Waals surface area contributed by atoms with Gasteiger partial charge in [-0.15, -0.1) is 0 Å². The molecular weight excluding hydrogens is 226 g/mol. The van der Waals surface area contributed by atoms with Gasteiger partial charge in [0, 0.05) is 25.7 Å². The van der Waals surface area contributed by atoms with Crippen molar-refractivity contribution in [2.75, 3.05) is 7.05 Å². The van der Waals surface area contributed by atoms with Crippen molar-refractivity contribution in [1.82, 2.24) is 14.7 Å². The van der Waals surface area contributed by atoms with Crippen molar-refractivity contribution in [3.63, 3.8) is 0 Å². The molecule has 0 saturated heterocycles. The first-order valence-electron chi connectivity index (χ1n) is 6.98. The highest BCUT2D eigenvalue weighted by Gasteiger charge is 2.24. The number of nitrogens with zero attached hydrogens (tertiary/aromatic N) is 3. The zero-order valence-electron chi connectivity index (χ0n) is 11.4. The lowest BCUT2D eigenvalue weighted by Crippen LogP contribution is -2.34. The van der Waals surface area contributed by atoms with Gasteiger partial charge in [-0.1, -0.05) is 19.3 Å². The summed E-state index contributed by atoms with van der Waals surface area (Å²) in [6.45, 7) is 3.59. The monoisotopic (exact) mass is 249 g/mol. The Balaban J connectivity index is 1.94. The van der Waals surface area contributed by atoms with Gasteiger partial charge in [0.2, 0.25) is 5.91 Å². The SMILES string of the molecule is CCn1nccc1CN(C)C(=O)C1CCCCC1. The molecule has 1 aliphatic carbocycles. The van der Waals surface area contributed by atoms with Crippen LogP contribution in [0.4, 0.5) is 0 Å². The molecule has 0 N–H and O–H groups in total. The van der Waals surface area contributed by atoms with Crippen LogP contribution in [0.2, 0.25) is 0 Å². The Labute approximate surface area is 109 Å². The predicted octanol–water partition coefficient (Wildman–Crippen LogP) is 2.44. The van der Waals surface area contributed by atoms with E-state index in [2.05, 4.69) is 12.0 Å². The number of rotatable bonds is 4. The highest BCUT2D eigenvalue weighted by molar-refractivity contribution is 5.78. The first-order valence-corrected chi connectivity index (χ1v) is 6.98. The molecule has 0 aromatic carbocycles. The van der Waals surface area contributed by atoms with E-state index < -0.39 is 0 Å². The highest BCUT2D eigenvalue weighted by Crippen LogP contribution is 2.25. The summed E-state index contributed by atoms with van der Waals surface area (Å²) < 4.78 is 1.95. The second-order valence-corrected chi connectivity index (χ2v) is 5.17. The van der Waals surface area contributed by atoms with Crippen molar-refractivity contribution in [2.45, 2.75) is 52.1 Å². The van der Waals surface area contributed by atoms with Crippen LogP contribution in [0.3, 0.4) is 0 Å². The number of carbonyl (C=O) groups excluding carboxylic acids is 1. The van der Waals surface area contributed by atoms with Gasteiger partial charge in [-0.3, -0.25) is 9.48 Å². The van der Waals surface area contributed by atoms with Crippen molar-refractivity contribution < 1.29 is 4.79 Å². The summed E-state index contributed by atoms with van der Waals surface area (Å²) in [6.07, 6.45) is 7.63. The zero-order chi connectivity index (χ0) is 13.0. The topological polar surface area (TPSA) is 38.1 Å². The van der Waals surface area contributed by atoms with Crippen molar-refractivity contribution >= 4 is 5.91 Å². The summed E-state index contributed by atoms with van der Waals surface area (Å²) in [5.74, 6) is 0.556. The molecule has 4 heteroatoms. The number of aryl methyl sites for hydroxylation is 1. The Bertz CT molecular complexity index is 393. The van der Waals surface area contributed by atoms with Crippen LogP contribution in [0.1, 0.15) is 44.7 Å². The molecule has 1 aromatic heterocycles. The van der Waals surface area contributed by atoms with E-state index in [1.54, 1.807) is 6.20 Å². The molecule has 0 bridgehead atoms. The van der Waals surface area contributed by atoms with E-state index in [-0.39, 0.29) is 5.92 Å². The third-order valence-corrected chi connectivity index (χ3v) is 3.83. The summed E-state index contributed by atoms with van der Waals surface area (Å²) in [5, 5.41) is 4.24. The van der Waals surface area contributed by atoms with Gasteiger partial charge in [-0.05, 0) is 25.8 Å². The Hall–Kier alpha value is -1.32. The largest absolute Gasteiger partial charge is 0.340 e. The molecule has 18 heavy (non-hydrogen) atoms. The molecule has 2 rings (SSSR count). The quantitative estimate of drug-likeness (QED) is 0.822. The lowest BCUT2D eigenvalue weighted by atomic mass is 9.88. The zero-order valence-corrected chi connectivity index (χ0v) is 11.4. The van der Waals surface area contributed by atoms with E-state index in [0.717, 1.165) is 25.1 Å². The fraction of sp³-hybridized carbons (Fsp3) is 0.714. The molecule has 0 unspecified atom stereocenters. The number of aromatic nitrogens is 2. The number of hydrogen-bond donors (Lipinski definition) is 0. The smallest absolute Gasteiger partial charge is 0.225 e. The van der Waals surface area contributed by atoms with E-state index in [9.17, 15) is 4.79 Å². The molecule has 0 spiro atoms. The van der Waals surface area contributed by atoms with Gasteiger partial charge in [-0.25, -0.2) is 0 Å². The molecule has 1 aromatic rings. The van der Waals surface area contributed by atoms with E-state index in [1.807, 2.05) is 22.7 Å². The van der Waals surface area contributed by atoms with E-state index in [0.29, 0.717) is 12.5 Å². The average Bonchev–Trinajstić information content (AvgIpc) is 2.86. The second-order valence-electron chi connectivity index (χ2n) is 5.17. The van der Waals surface area contributed by atoms with E-state index in [1.165, 1.54) is 19.3 Å². The minimum Gasteiger partial charge on any atom is -0.340 e. The molecule has 1 heterocycles. The van der Waals surface area contributed by atoms with E-state index in [4.69, 9.17) is 0 Å². The lowest BCUT2D eigenvalue weighted by Gasteiger charge is -2.26. The van der Waals surface area contributed by atoms with Gasteiger partial charge in [0.1, 0.15) is 0 Å². The van der Waals surface area contributed by atoms with Crippen molar-refractivity contribution in [1.29, 1.82) is 0 Å². The third kappa shape index (κ3) is 2.92. The highest BCUT2D eigenvalue weighted by atomic mass is 16.2. The fourth-order valence-corrected chi connectivity index (χ4v) is 2.76. The van der Waals surface area contributed by atoms with Crippen LogP contribution in [-0.4, -0.2) is 27.6 Å². The summed E-state index contributed by atoms with van der Waals surface area (Å²) >= 11 is 0. The Morgan fingerprint density at radius 1 is 1.44 bits per heavy atom. The van der Waals surface area contributed by atoms with Crippen molar-refractivity contribution in [3.05, 3.63) is 18.0 Å². The van der Waals surface area contributed by atoms with Gasteiger partial charge < -0.3 is 4.90 Å². The van der Waals surface area contributed by atoms with Crippen LogP contribution in [0.25, 0.3) is 0 Å². The van der Waals surface area contributed by atoms with Gasteiger partial charge in [-0.2, -0.15) is 5.10 Å². The molecule has 1 saturated carbocycles. The molecule has 1 fully saturated rings. The molecule has 100 valence electrons. The molecule has 4 nitrogen and oxygen atoms in total. The Morgan fingerprint density at radius 2 is 2.17 bits per heavy atom. The summed E-state index contributed by atoms with van der Waals surface area (Å²) in [7, 11) is 1.91. The maximum atomic E-state index is 12.3. The number of amides is 1. The van der Waals surface area contributed by atoms with Gasteiger partial charge >= 0.3 is 0 Å². The summed E-state index contributed by atoms with van der Waals surface area (Å²) in [6, 6.07) is 1.99. The Morgan fingerprint density at radius 3 is 2.83 bits per heavy atom. The molecule has 1 aliphatic rings. The maximum absolute atomic E-state index is 12.3. The van der Waals surface area contributed by atoms with Crippen LogP contribution in [-0.2, 0) is 17.9 Å². The molecular formula is C14H23N3O. The van der Waals surface area contributed by atoms with Crippen LogP contribution in [0, 0.1) is 5.92 Å². The standard InChI is InChI=1S/C14H23N3O/c1-3-17-13(9-10-15-17)11-16(2)14(18)12-7-5-4-6-8-12/h9-10,12H,3-8,11H2,1-2H3. The minimum absolute atomic E-state index is 0.252. The van der Waals surface area contributed by atoms with Crippen LogP contribution < -0.4 is 0 Å². The van der Waals surface area contributed by atoms with Gasteiger partial charge in [0.15, 0.2) is 0 Å². The minimum atomic E-state index is 0.252. The molecule has 0 radical (unpaired) electrons. The normalized spacial score (nSPS) is 16.8. The maximum Gasteiger partial charge on any atom is 0.225 e. The van der Waals surface area contributed by atoms with Gasteiger partial charge in [0.05, 0.1) is 12.2 Å². The first kappa shape index (κ1) is 13.1. The molecule has 1 amide bonds. The molecule has 0 atom stereocenters. The van der Waals surface area contributed by atoms with Gasteiger partial charge in [0.25, 0.3) is 0 Å². The number of hydrogen-bond acceptors (Lipinski definition) is 2. The van der Waals surface area contributed by atoms with Crippen molar-refractivity contribution in [2.24, 2.45) is 5.92 Å². The second kappa shape index (κ2) is 6.03. The number of carbonyl (C=O) groups is 1. The van der Waals surface area contributed by atoms with Crippen LogP contribution in [0.15, 0.2) is 12.3 Å². The predicted molar refractivity (Wildman–Crippen MR) is 71.0 cm³/mol. The lowest BCUT2D eigenvalue weighted by molar-refractivity contribution is -0.135. The van der Waals surface area contributed by atoms with E-state index >= 15 is 0 Å². The third-order valence-electron chi connectivity index (χ3n) is 3.83. The van der Waals surface area contributed by atoms with Crippen LogP contribution in [0.5, 0.6) is 0 Å². The molecule has 0 aliphatic heterocycles. The summed E-state index contributed by atoms with van der Waals surface area (Å²) in [4.78, 5) is 14.2. The Kier molecular flexibility index (Phi) is 4.39. The summed E-state index contributed by atoms with van der Waals surface area (Å²) in [5.41, 5.74) is 1.11. The fourth-order valence-electron chi connectivity index (χ4n) is 2.76. The van der Waals surface area contributed by atoms with Crippen molar-refractivity contribution in [3.8, 4) is 0 Å². The average molecular weight is 249 g/mol. The van der Waals surface area contributed by atoms with Crippen LogP contribution >= 0.6 is 0 Å².